The van der Waals surface area contributed by atoms with E-state index in [0.29, 0.717) is 5.58 Å². The van der Waals surface area contributed by atoms with E-state index >= 15 is 0 Å². The Hall–Kier alpha value is -1.09. The van der Waals surface area contributed by atoms with E-state index in [-0.39, 0.29) is 5.35 Å². The third-order valence-corrected chi connectivity index (χ3v) is 1.62. The Kier molecular flexibility index (Phi) is 1.32. The van der Waals surface area contributed by atoms with E-state index in [2.05, 4.69) is 9.97 Å². The van der Waals surface area contributed by atoms with Gasteiger partial charge < -0.3 is 4.42 Å². The topological polar surface area (TPSA) is 38.9 Å². The molecular weight excluding hydrogens is 164 g/mol. The van der Waals surface area contributed by atoms with Crippen LogP contribution < -0.4 is 0 Å². The molecule has 0 atom stereocenters. The van der Waals surface area contributed by atoms with E-state index in [9.17, 15) is 0 Å². The Morgan fingerprint density at radius 2 is 2.36 bits per heavy atom. The van der Waals surface area contributed by atoms with Crippen LogP contribution in [0.25, 0.3) is 11.1 Å². The highest BCUT2D eigenvalue weighted by atomic mass is 35.5. The lowest BCUT2D eigenvalue weighted by Gasteiger charge is -1.88. The average Bonchev–Trinajstić information content (AvgIpc) is 2.31. The van der Waals surface area contributed by atoms with Gasteiger partial charge in [-0.15, -0.1) is 0 Å². The minimum Gasteiger partial charge on any atom is -0.426 e. The number of hydrogen-bond donors (Lipinski definition) is 0. The van der Waals surface area contributed by atoms with Crippen molar-refractivity contribution in [2.24, 2.45) is 0 Å². The quantitative estimate of drug-likeness (QED) is 0.605. The predicted octanol–water partition coefficient (Wildman–Crippen LogP) is 2.18. The molecule has 0 aliphatic rings. The standard InChI is InChI=1S/C7H5ClN2O/c1-4-6-5(2-3-9-4)10-7(8)11-6/h2-3H,1H3. The van der Waals surface area contributed by atoms with Crippen molar-refractivity contribution in [1.29, 1.82) is 0 Å². The zero-order valence-electron chi connectivity index (χ0n) is 5.84. The van der Waals surface area contributed by atoms with Gasteiger partial charge in [-0.3, -0.25) is 4.98 Å². The molecule has 2 aromatic heterocycles. The Labute approximate surface area is 68.0 Å². The fraction of sp³-hybridized carbons (Fsp3) is 0.143. The van der Waals surface area contributed by atoms with Gasteiger partial charge in [0, 0.05) is 6.20 Å². The molecule has 0 N–H and O–H groups in total. The van der Waals surface area contributed by atoms with E-state index in [1.54, 1.807) is 12.3 Å². The highest BCUT2D eigenvalue weighted by Gasteiger charge is 2.04. The van der Waals surface area contributed by atoms with Crippen molar-refractivity contribution in [1.82, 2.24) is 9.97 Å². The predicted molar refractivity (Wildman–Crippen MR) is 41.6 cm³/mol. The number of pyridine rings is 1. The monoisotopic (exact) mass is 168 g/mol. The van der Waals surface area contributed by atoms with Crippen molar-refractivity contribution in [2.75, 3.05) is 0 Å². The summed E-state index contributed by atoms with van der Waals surface area (Å²) in [7, 11) is 0. The van der Waals surface area contributed by atoms with Crippen molar-refractivity contribution >= 4 is 22.7 Å². The van der Waals surface area contributed by atoms with Crippen molar-refractivity contribution in [3.05, 3.63) is 23.3 Å². The maximum Gasteiger partial charge on any atom is 0.293 e. The first-order valence-electron chi connectivity index (χ1n) is 3.15. The molecule has 4 heteroatoms. The van der Waals surface area contributed by atoms with Crippen LogP contribution in [-0.2, 0) is 0 Å². The normalized spacial score (nSPS) is 10.7. The van der Waals surface area contributed by atoms with Gasteiger partial charge in [0.25, 0.3) is 5.35 Å². The van der Waals surface area contributed by atoms with Gasteiger partial charge in [-0.2, -0.15) is 4.98 Å². The summed E-state index contributed by atoms with van der Waals surface area (Å²) < 4.78 is 5.09. The summed E-state index contributed by atoms with van der Waals surface area (Å²) in [5.41, 5.74) is 2.22. The van der Waals surface area contributed by atoms with Crippen molar-refractivity contribution in [3.63, 3.8) is 0 Å². The van der Waals surface area contributed by atoms with Crippen LogP contribution in [0.2, 0.25) is 5.35 Å². The third-order valence-electron chi connectivity index (χ3n) is 1.46. The summed E-state index contributed by atoms with van der Waals surface area (Å²) in [6.07, 6.45) is 1.68. The zero-order chi connectivity index (χ0) is 7.84. The number of oxazole rings is 1. The molecule has 0 aliphatic carbocycles. The summed E-state index contributed by atoms with van der Waals surface area (Å²) >= 11 is 5.55. The Morgan fingerprint density at radius 1 is 1.55 bits per heavy atom. The average molecular weight is 169 g/mol. The number of aryl methyl sites for hydroxylation is 1. The number of aromatic nitrogens is 2. The number of rotatable bonds is 0. The Morgan fingerprint density at radius 3 is 3.09 bits per heavy atom. The van der Waals surface area contributed by atoms with E-state index in [4.69, 9.17) is 16.0 Å². The maximum absolute atomic E-state index is 5.55. The maximum atomic E-state index is 5.55. The van der Waals surface area contributed by atoms with Crippen molar-refractivity contribution in [2.45, 2.75) is 6.92 Å². The molecule has 2 heterocycles. The molecule has 3 nitrogen and oxygen atoms in total. The molecule has 2 aromatic rings. The Balaban J connectivity index is 2.90. The highest BCUT2D eigenvalue weighted by Crippen LogP contribution is 2.19. The van der Waals surface area contributed by atoms with Crippen LogP contribution in [0.5, 0.6) is 0 Å². The molecule has 0 saturated carbocycles. The largest absolute Gasteiger partial charge is 0.426 e. The number of halogens is 1. The third kappa shape index (κ3) is 0.973. The van der Waals surface area contributed by atoms with Gasteiger partial charge in [-0.05, 0) is 24.6 Å². The molecule has 0 aliphatic heterocycles. The second kappa shape index (κ2) is 2.20. The zero-order valence-corrected chi connectivity index (χ0v) is 6.59. The fourth-order valence-electron chi connectivity index (χ4n) is 0.955. The molecule has 0 fully saturated rings. The first-order chi connectivity index (χ1) is 5.27. The fourth-order valence-corrected chi connectivity index (χ4v) is 1.12. The summed E-state index contributed by atoms with van der Waals surface area (Å²) in [6.45, 7) is 1.85. The second-order valence-corrected chi connectivity index (χ2v) is 2.53. The first-order valence-corrected chi connectivity index (χ1v) is 3.53. The second-order valence-electron chi connectivity index (χ2n) is 2.21. The molecule has 0 saturated heterocycles. The molecule has 2 rings (SSSR count). The van der Waals surface area contributed by atoms with Gasteiger partial charge in [0.1, 0.15) is 5.52 Å². The smallest absolute Gasteiger partial charge is 0.293 e. The summed E-state index contributed by atoms with van der Waals surface area (Å²) in [5, 5.41) is 0.163. The van der Waals surface area contributed by atoms with Crippen LogP contribution in [0.3, 0.4) is 0 Å². The van der Waals surface area contributed by atoms with Crippen LogP contribution in [0.1, 0.15) is 5.69 Å². The molecular formula is C7H5ClN2O. The minimum atomic E-state index is 0.163. The van der Waals surface area contributed by atoms with Gasteiger partial charge in [0.05, 0.1) is 5.69 Å². The highest BCUT2D eigenvalue weighted by molar-refractivity contribution is 6.28. The van der Waals surface area contributed by atoms with E-state index < -0.39 is 0 Å². The van der Waals surface area contributed by atoms with Crippen molar-refractivity contribution in [3.8, 4) is 0 Å². The molecule has 0 radical (unpaired) electrons. The lowest BCUT2D eigenvalue weighted by molar-refractivity contribution is 0.600. The summed E-state index contributed by atoms with van der Waals surface area (Å²) in [4.78, 5) is 7.96. The molecule has 56 valence electrons. The molecule has 0 amide bonds. The van der Waals surface area contributed by atoms with Crippen LogP contribution >= 0.6 is 11.6 Å². The van der Waals surface area contributed by atoms with Crippen LogP contribution in [0, 0.1) is 6.92 Å². The van der Waals surface area contributed by atoms with Gasteiger partial charge >= 0.3 is 0 Å². The van der Waals surface area contributed by atoms with Crippen molar-refractivity contribution < 1.29 is 4.42 Å². The first kappa shape index (κ1) is 6.61. The number of nitrogens with zero attached hydrogens (tertiary/aromatic N) is 2. The van der Waals surface area contributed by atoms with E-state index in [1.807, 2.05) is 6.92 Å². The molecule has 11 heavy (non-hydrogen) atoms. The number of hydrogen-bond acceptors (Lipinski definition) is 3. The Bertz CT molecular complexity index is 396. The summed E-state index contributed by atoms with van der Waals surface area (Å²) in [6, 6.07) is 1.76. The van der Waals surface area contributed by atoms with Gasteiger partial charge in [-0.1, -0.05) is 0 Å². The van der Waals surface area contributed by atoms with E-state index in [0.717, 1.165) is 11.2 Å². The summed E-state index contributed by atoms with van der Waals surface area (Å²) in [5.74, 6) is 0. The lowest BCUT2D eigenvalue weighted by atomic mass is 10.3. The molecule has 0 unspecified atom stereocenters. The van der Waals surface area contributed by atoms with E-state index in [1.165, 1.54) is 0 Å². The SMILES string of the molecule is Cc1nccc2nc(Cl)oc12. The lowest BCUT2D eigenvalue weighted by Crippen LogP contribution is -1.78. The molecule has 0 spiro atoms. The van der Waals surface area contributed by atoms with Gasteiger partial charge in [0.2, 0.25) is 0 Å². The minimum absolute atomic E-state index is 0.163. The van der Waals surface area contributed by atoms with Crippen LogP contribution in [0.15, 0.2) is 16.7 Å². The van der Waals surface area contributed by atoms with Gasteiger partial charge in [0.15, 0.2) is 5.58 Å². The van der Waals surface area contributed by atoms with Crippen LogP contribution in [0.4, 0.5) is 0 Å². The molecule has 0 aromatic carbocycles. The van der Waals surface area contributed by atoms with Crippen LogP contribution in [-0.4, -0.2) is 9.97 Å². The van der Waals surface area contributed by atoms with Gasteiger partial charge in [-0.25, -0.2) is 0 Å². The number of fused-ring (bicyclic) bond motifs is 1. The molecule has 0 bridgehead atoms.